The summed E-state index contributed by atoms with van der Waals surface area (Å²) in [6.45, 7) is 2.37. The summed E-state index contributed by atoms with van der Waals surface area (Å²) in [7, 11) is -4.62. The average molecular weight is 857 g/mol. The van der Waals surface area contributed by atoms with Crippen molar-refractivity contribution < 1.29 is 47.8 Å². The van der Waals surface area contributed by atoms with Crippen molar-refractivity contribution in [1.29, 1.82) is 0 Å². The van der Waals surface area contributed by atoms with Gasteiger partial charge in [-0.1, -0.05) is 172 Å². The van der Waals surface area contributed by atoms with Crippen LogP contribution in [0.4, 0.5) is 0 Å². The van der Waals surface area contributed by atoms with Gasteiger partial charge in [0, 0.05) is 12.8 Å². The molecule has 0 radical (unpaired) electrons. The van der Waals surface area contributed by atoms with Gasteiger partial charge in [0.05, 0.1) is 19.8 Å². The number of carbonyl (C=O) groups is 2. The summed E-state index contributed by atoms with van der Waals surface area (Å²) in [4.78, 5) is 35.1. The van der Waals surface area contributed by atoms with Crippen LogP contribution in [-0.2, 0) is 32.7 Å². The summed E-state index contributed by atoms with van der Waals surface area (Å²) in [6.07, 6.45) is 46.8. The van der Waals surface area contributed by atoms with Crippen LogP contribution in [0.3, 0.4) is 0 Å². The average Bonchev–Trinajstić information content (AvgIpc) is 3.22. The molecule has 0 aliphatic rings. The minimum atomic E-state index is -4.62. The Labute approximate surface area is 361 Å². The molecule has 0 amide bonds. The van der Waals surface area contributed by atoms with Crippen molar-refractivity contribution in [1.82, 2.24) is 0 Å². The van der Waals surface area contributed by atoms with Gasteiger partial charge in [0.25, 0.3) is 0 Å². The van der Waals surface area contributed by atoms with Gasteiger partial charge in [0.15, 0.2) is 6.10 Å². The maximum Gasteiger partial charge on any atom is 0.472 e. The molecule has 0 fully saturated rings. The number of hydrogen-bond acceptors (Lipinski definition) is 9. The van der Waals surface area contributed by atoms with Crippen LogP contribution in [0.1, 0.15) is 219 Å². The fourth-order valence-corrected chi connectivity index (χ4v) is 7.34. The van der Waals surface area contributed by atoms with Crippen LogP contribution in [0.15, 0.2) is 36.5 Å². The second-order valence-corrected chi connectivity index (χ2v) is 17.6. The molecule has 59 heavy (non-hydrogen) atoms. The van der Waals surface area contributed by atoms with Gasteiger partial charge in [-0.15, -0.1) is 0 Å². The fraction of sp³-hybridized carbons (Fsp3) is 0.833. The molecule has 0 aliphatic carbocycles. The molecule has 0 aromatic heterocycles. The standard InChI is InChI=1S/C48H89O10P/c1-3-5-7-9-11-13-15-17-19-20-21-22-23-24-26-28-30-32-34-36-38-40-48(52)58-46(44-57-59(53,54)56-42-45(50)41-49)43-55-47(51)39-37-35-33-31-29-27-25-18-16-14-12-10-8-6-4-2/h15,17-18,20-21,25,45-46,49-50H,3-14,16,19,22-24,26-44H2,1-2H3,(H,53,54)/b17-15-,21-20-,25-18-. The smallest absolute Gasteiger partial charge is 0.462 e. The van der Waals surface area contributed by atoms with E-state index in [4.69, 9.17) is 23.6 Å². The number of phosphoric ester groups is 1. The Balaban J connectivity index is 4.23. The van der Waals surface area contributed by atoms with Crippen molar-refractivity contribution in [2.24, 2.45) is 0 Å². The van der Waals surface area contributed by atoms with Gasteiger partial charge in [-0.2, -0.15) is 0 Å². The van der Waals surface area contributed by atoms with E-state index in [1.807, 2.05) is 0 Å². The molecule has 0 rings (SSSR count). The summed E-state index contributed by atoms with van der Waals surface area (Å²) < 4.78 is 32.8. The van der Waals surface area contributed by atoms with Crippen LogP contribution in [-0.4, -0.2) is 65.7 Å². The zero-order valence-corrected chi connectivity index (χ0v) is 38.6. The van der Waals surface area contributed by atoms with Crippen LogP contribution in [0.25, 0.3) is 0 Å². The van der Waals surface area contributed by atoms with Crippen molar-refractivity contribution in [3.05, 3.63) is 36.5 Å². The van der Waals surface area contributed by atoms with Crippen LogP contribution in [0.2, 0.25) is 0 Å². The van der Waals surface area contributed by atoms with E-state index in [1.165, 1.54) is 116 Å². The Morgan fingerprint density at radius 3 is 1.32 bits per heavy atom. The van der Waals surface area contributed by atoms with Gasteiger partial charge in [0.2, 0.25) is 0 Å². The van der Waals surface area contributed by atoms with Gasteiger partial charge in [-0.05, 0) is 70.6 Å². The SMILES string of the molecule is CCCCCCC/C=C\C/C=C\CCCCCCCCCCCC(=O)OC(COC(=O)CCCCCCC/C=C\CCCCCCCC)COP(=O)(O)OCC(O)CO. The second kappa shape index (κ2) is 44.3. The fourth-order valence-electron chi connectivity index (χ4n) is 6.55. The molecule has 11 heteroatoms. The lowest BCUT2D eigenvalue weighted by Crippen LogP contribution is -2.29. The van der Waals surface area contributed by atoms with Crippen molar-refractivity contribution >= 4 is 19.8 Å². The molecule has 0 heterocycles. The third-order valence-corrected chi connectivity index (χ3v) is 11.2. The van der Waals surface area contributed by atoms with E-state index in [2.05, 4.69) is 50.3 Å². The largest absolute Gasteiger partial charge is 0.472 e. The van der Waals surface area contributed by atoms with E-state index in [0.717, 1.165) is 64.2 Å². The molecule has 0 aromatic rings. The normalized spacial score (nSPS) is 14.1. The quantitative estimate of drug-likeness (QED) is 0.0234. The van der Waals surface area contributed by atoms with E-state index in [9.17, 15) is 24.2 Å². The van der Waals surface area contributed by atoms with Crippen LogP contribution in [0.5, 0.6) is 0 Å². The van der Waals surface area contributed by atoms with Gasteiger partial charge in [-0.25, -0.2) is 4.57 Å². The molecule has 0 aromatic carbocycles. The van der Waals surface area contributed by atoms with E-state index >= 15 is 0 Å². The number of esters is 2. The summed E-state index contributed by atoms with van der Waals surface area (Å²) in [6, 6.07) is 0. The maximum absolute atomic E-state index is 12.7. The summed E-state index contributed by atoms with van der Waals surface area (Å²) in [5.74, 6) is -0.934. The predicted molar refractivity (Wildman–Crippen MR) is 242 cm³/mol. The first-order valence-corrected chi connectivity index (χ1v) is 25.4. The Hall–Kier alpha value is -1.81. The number of aliphatic hydroxyl groups is 2. The van der Waals surface area contributed by atoms with E-state index in [-0.39, 0.29) is 19.4 Å². The number of phosphoric acid groups is 1. The Morgan fingerprint density at radius 2 is 0.881 bits per heavy atom. The van der Waals surface area contributed by atoms with Crippen molar-refractivity contribution in [3.8, 4) is 0 Å². The van der Waals surface area contributed by atoms with Gasteiger partial charge in [0.1, 0.15) is 12.7 Å². The van der Waals surface area contributed by atoms with E-state index < -0.39 is 51.8 Å². The summed E-state index contributed by atoms with van der Waals surface area (Å²) >= 11 is 0. The number of carbonyl (C=O) groups excluding carboxylic acids is 2. The maximum atomic E-state index is 12.7. The zero-order chi connectivity index (χ0) is 43.3. The lowest BCUT2D eigenvalue weighted by molar-refractivity contribution is -0.161. The molecule has 3 atom stereocenters. The van der Waals surface area contributed by atoms with Gasteiger partial charge >= 0.3 is 19.8 Å². The van der Waals surface area contributed by atoms with Crippen LogP contribution < -0.4 is 0 Å². The number of hydrogen-bond donors (Lipinski definition) is 3. The van der Waals surface area contributed by atoms with Gasteiger partial charge in [-0.3, -0.25) is 18.6 Å². The van der Waals surface area contributed by atoms with Crippen molar-refractivity contribution in [2.45, 2.75) is 232 Å². The first-order chi connectivity index (χ1) is 28.7. The monoisotopic (exact) mass is 857 g/mol. The van der Waals surface area contributed by atoms with E-state index in [0.29, 0.717) is 12.8 Å². The number of allylic oxidation sites excluding steroid dienone is 6. The minimum absolute atomic E-state index is 0.178. The molecule has 0 spiro atoms. The molecule has 3 unspecified atom stereocenters. The minimum Gasteiger partial charge on any atom is -0.462 e. The highest BCUT2D eigenvalue weighted by molar-refractivity contribution is 7.47. The molecule has 0 saturated heterocycles. The molecule has 0 bridgehead atoms. The Bertz CT molecular complexity index is 1080. The number of ether oxygens (including phenoxy) is 2. The van der Waals surface area contributed by atoms with Crippen LogP contribution in [0, 0.1) is 0 Å². The third-order valence-electron chi connectivity index (χ3n) is 10.3. The summed E-state index contributed by atoms with van der Waals surface area (Å²) in [5, 5.41) is 18.4. The lowest BCUT2D eigenvalue weighted by atomic mass is 10.1. The molecule has 346 valence electrons. The number of rotatable bonds is 45. The first-order valence-electron chi connectivity index (χ1n) is 23.9. The Kier molecular flexibility index (Phi) is 42.9. The van der Waals surface area contributed by atoms with Crippen molar-refractivity contribution in [2.75, 3.05) is 26.4 Å². The molecular formula is C48H89O10P. The molecule has 0 aliphatic heterocycles. The molecular weight excluding hydrogens is 767 g/mol. The van der Waals surface area contributed by atoms with E-state index in [1.54, 1.807) is 0 Å². The topological polar surface area (TPSA) is 149 Å². The Morgan fingerprint density at radius 1 is 0.508 bits per heavy atom. The third kappa shape index (κ3) is 44.1. The molecule has 0 saturated carbocycles. The highest BCUT2D eigenvalue weighted by Gasteiger charge is 2.27. The second-order valence-electron chi connectivity index (χ2n) is 16.1. The van der Waals surface area contributed by atoms with Crippen LogP contribution >= 0.6 is 7.82 Å². The summed E-state index contributed by atoms with van der Waals surface area (Å²) in [5.41, 5.74) is 0. The first kappa shape index (κ1) is 57.2. The number of aliphatic hydroxyl groups excluding tert-OH is 2. The zero-order valence-electron chi connectivity index (χ0n) is 37.7. The van der Waals surface area contributed by atoms with Gasteiger partial charge < -0.3 is 24.6 Å². The molecule has 3 N–H and O–H groups in total. The van der Waals surface area contributed by atoms with Crippen molar-refractivity contribution in [3.63, 3.8) is 0 Å². The lowest BCUT2D eigenvalue weighted by Gasteiger charge is -2.20. The molecule has 10 nitrogen and oxygen atoms in total. The predicted octanol–water partition coefficient (Wildman–Crippen LogP) is 13.1. The highest BCUT2D eigenvalue weighted by atomic mass is 31.2. The highest BCUT2D eigenvalue weighted by Crippen LogP contribution is 2.43. The number of unbranched alkanes of at least 4 members (excludes halogenated alkanes) is 25.